The number of carbonyl (C=O) groups excluding carboxylic acids is 1. The van der Waals surface area contributed by atoms with Crippen LogP contribution in [0.15, 0.2) is 65.6 Å². The number of aromatic nitrogens is 1. The molecule has 1 atom stereocenters. The van der Waals surface area contributed by atoms with E-state index in [0.717, 1.165) is 4.70 Å². The number of carbonyl (C=O) groups is 1. The van der Waals surface area contributed by atoms with E-state index in [1.807, 2.05) is 0 Å². The van der Waals surface area contributed by atoms with E-state index in [2.05, 4.69) is 15.1 Å². The van der Waals surface area contributed by atoms with E-state index >= 15 is 0 Å². The summed E-state index contributed by atoms with van der Waals surface area (Å²) in [7, 11) is -0.609. The van der Waals surface area contributed by atoms with Crippen LogP contribution in [-0.4, -0.2) is 39.3 Å². The van der Waals surface area contributed by atoms with Gasteiger partial charge >= 0.3 is 0 Å². The Kier molecular flexibility index (Phi) is 7.61. The fourth-order valence-corrected chi connectivity index (χ4v) is 5.62. The molecular formula is C26H23N3O6S2. The highest BCUT2D eigenvalue weighted by atomic mass is 32.2. The van der Waals surface area contributed by atoms with Gasteiger partial charge in [-0.2, -0.15) is 0 Å². The number of anilines is 1. The fraction of sp³-hybridized carbons (Fsp3) is 0.192. The number of ether oxygens (including phenoxy) is 3. The van der Waals surface area contributed by atoms with E-state index < -0.39 is 21.8 Å². The molecule has 4 aromatic rings. The molecule has 11 heteroatoms. The van der Waals surface area contributed by atoms with Gasteiger partial charge in [0.2, 0.25) is 6.10 Å². The number of benzene rings is 3. The van der Waals surface area contributed by atoms with E-state index in [9.17, 15) is 13.2 Å². The van der Waals surface area contributed by atoms with Gasteiger partial charge in [-0.3, -0.25) is 10.1 Å². The van der Waals surface area contributed by atoms with Crippen LogP contribution in [0.5, 0.6) is 17.2 Å². The summed E-state index contributed by atoms with van der Waals surface area (Å²) in [5.74, 6) is 0.584. The third kappa shape index (κ3) is 5.50. The highest BCUT2D eigenvalue weighted by molar-refractivity contribution is 7.91. The Morgan fingerprint density at radius 1 is 1.08 bits per heavy atom. The average molecular weight is 538 g/mol. The van der Waals surface area contributed by atoms with E-state index in [1.165, 1.54) is 38.5 Å². The average Bonchev–Trinajstić information content (AvgIpc) is 3.31. The summed E-state index contributed by atoms with van der Waals surface area (Å²) >= 11 is 1.23. The minimum Gasteiger partial charge on any atom is -0.493 e. The normalized spacial score (nSPS) is 11.9. The molecule has 190 valence electrons. The van der Waals surface area contributed by atoms with Gasteiger partial charge in [0.05, 0.1) is 41.7 Å². The van der Waals surface area contributed by atoms with Crippen molar-refractivity contribution in [3.05, 3.63) is 77.6 Å². The third-order valence-corrected chi connectivity index (χ3v) is 8.23. The summed E-state index contributed by atoms with van der Waals surface area (Å²) in [6.07, 6.45) is -1.31. The number of hydrogen-bond donors (Lipinski definition) is 1. The molecule has 0 radical (unpaired) electrons. The zero-order valence-electron chi connectivity index (χ0n) is 20.2. The molecule has 1 heterocycles. The number of nitrogens with zero attached hydrogens (tertiary/aromatic N) is 2. The second-order valence-electron chi connectivity index (χ2n) is 7.73. The number of methoxy groups -OCH3 is 2. The van der Waals surface area contributed by atoms with Crippen LogP contribution < -0.4 is 19.5 Å². The molecule has 0 aliphatic rings. The maximum atomic E-state index is 13.6. The van der Waals surface area contributed by atoms with Crippen molar-refractivity contribution in [2.24, 2.45) is 0 Å². The molecule has 9 nitrogen and oxygen atoms in total. The summed E-state index contributed by atoms with van der Waals surface area (Å²) in [5, 5.41) is 3.06. The van der Waals surface area contributed by atoms with Crippen molar-refractivity contribution in [3.8, 4) is 17.2 Å². The van der Waals surface area contributed by atoms with Crippen molar-refractivity contribution in [1.29, 1.82) is 0 Å². The molecule has 0 aliphatic carbocycles. The predicted molar refractivity (Wildman–Crippen MR) is 142 cm³/mol. The van der Waals surface area contributed by atoms with Gasteiger partial charge in [-0.1, -0.05) is 48.6 Å². The molecule has 0 bridgehead atoms. The standard InChI is InChI=1S/C26H23N3O6S2/c1-5-37(31,32)23-9-7-6-8-18(23)24(35-17-12-10-16(27-2)11-13-17)25(30)29-26-28-19-14-20(33-3)21(34-4)15-22(19)36-26/h6-15,24H,5H2,1,3-4H3,(H,28,29,30). The largest absolute Gasteiger partial charge is 0.493 e. The molecule has 0 spiro atoms. The summed E-state index contributed by atoms with van der Waals surface area (Å²) in [6.45, 7) is 8.67. The Hall–Kier alpha value is -4.14. The van der Waals surface area contributed by atoms with Crippen LogP contribution in [-0.2, 0) is 14.6 Å². The molecule has 1 N–H and O–H groups in total. The summed E-state index contributed by atoms with van der Waals surface area (Å²) in [6, 6.07) is 15.9. The smallest absolute Gasteiger partial charge is 0.272 e. The van der Waals surface area contributed by atoms with Gasteiger partial charge in [-0.15, -0.1) is 0 Å². The number of nitrogens with one attached hydrogen (secondary N) is 1. The lowest BCUT2D eigenvalue weighted by Crippen LogP contribution is -2.27. The van der Waals surface area contributed by atoms with Crippen LogP contribution in [0.25, 0.3) is 15.1 Å². The van der Waals surface area contributed by atoms with Gasteiger partial charge in [0.1, 0.15) is 5.75 Å². The van der Waals surface area contributed by atoms with Crippen LogP contribution in [0.1, 0.15) is 18.6 Å². The number of hydrogen-bond acceptors (Lipinski definition) is 8. The van der Waals surface area contributed by atoms with Crippen molar-refractivity contribution in [1.82, 2.24) is 4.98 Å². The minimum absolute atomic E-state index is 0.00852. The third-order valence-electron chi connectivity index (χ3n) is 5.50. The summed E-state index contributed by atoms with van der Waals surface area (Å²) in [5.41, 5.74) is 1.20. The predicted octanol–water partition coefficient (Wildman–Crippen LogP) is 5.42. The molecular weight excluding hydrogens is 514 g/mol. The van der Waals surface area contributed by atoms with E-state index in [4.69, 9.17) is 20.8 Å². The molecule has 0 saturated carbocycles. The minimum atomic E-state index is -3.66. The van der Waals surface area contributed by atoms with Gasteiger partial charge < -0.3 is 14.2 Å². The summed E-state index contributed by atoms with van der Waals surface area (Å²) < 4.78 is 43.1. The fourth-order valence-electron chi connectivity index (χ4n) is 3.61. The van der Waals surface area contributed by atoms with Crippen molar-refractivity contribution < 1.29 is 27.4 Å². The van der Waals surface area contributed by atoms with Crippen LogP contribution >= 0.6 is 11.3 Å². The lowest BCUT2D eigenvalue weighted by molar-refractivity contribution is -0.123. The highest BCUT2D eigenvalue weighted by Gasteiger charge is 2.30. The van der Waals surface area contributed by atoms with Crippen LogP contribution in [0.3, 0.4) is 0 Å². The van der Waals surface area contributed by atoms with Gasteiger partial charge in [0.15, 0.2) is 32.2 Å². The van der Waals surface area contributed by atoms with E-state index in [1.54, 1.807) is 54.6 Å². The second kappa shape index (κ2) is 10.9. The lowest BCUT2D eigenvalue weighted by atomic mass is 10.1. The van der Waals surface area contributed by atoms with Gasteiger partial charge in [0, 0.05) is 17.7 Å². The maximum Gasteiger partial charge on any atom is 0.272 e. The molecule has 1 aromatic heterocycles. The van der Waals surface area contributed by atoms with Gasteiger partial charge in [0.25, 0.3) is 5.91 Å². The Labute approximate surface area is 218 Å². The first-order valence-corrected chi connectivity index (χ1v) is 13.6. The molecule has 0 aliphatic heterocycles. The first-order valence-electron chi connectivity index (χ1n) is 11.1. The second-order valence-corrected chi connectivity index (χ2v) is 11.0. The van der Waals surface area contributed by atoms with Crippen molar-refractivity contribution in [2.75, 3.05) is 25.3 Å². The van der Waals surface area contributed by atoms with Crippen LogP contribution in [0.2, 0.25) is 0 Å². The Morgan fingerprint density at radius 2 is 1.76 bits per heavy atom. The number of fused-ring (bicyclic) bond motifs is 1. The number of rotatable bonds is 9. The molecule has 1 unspecified atom stereocenters. The van der Waals surface area contributed by atoms with E-state index in [0.29, 0.717) is 33.6 Å². The quantitative estimate of drug-likeness (QED) is 0.284. The van der Waals surface area contributed by atoms with Crippen LogP contribution in [0, 0.1) is 6.57 Å². The molecule has 1 amide bonds. The van der Waals surface area contributed by atoms with E-state index in [-0.39, 0.29) is 16.2 Å². The summed E-state index contributed by atoms with van der Waals surface area (Å²) in [4.78, 5) is 21.4. The van der Waals surface area contributed by atoms with Gasteiger partial charge in [-0.25, -0.2) is 18.2 Å². The van der Waals surface area contributed by atoms with Gasteiger partial charge in [-0.05, 0) is 18.2 Å². The van der Waals surface area contributed by atoms with Crippen molar-refractivity contribution in [2.45, 2.75) is 17.9 Å². The molecule has 0 fully saturated rings. The molecule has 4 rings (SSSR count). The van der Waals surface area contributed by atoms with Crippen molar-refractivity contribution in [3.63, 3.8) is 0 Å². The topological polar surface area (TPSA) is 108 Å². The van der Waals surface area contributed by atoms with Crippen molar-refractivity contribution >= 4 is 48.1 Å². The number of amides is 1. The lowest BCUT2D eigenvalue weighted by Gasteiger charge is -2.21. The zero-order chi connectivity index (χ0) is 26.6. The number of thiazole rings is 1. The number of sulfone groups is 1. The zero-order valence-corrected chi connectivity index (χ0v) is 21.9. The Balaban J connectivity index is 1.74. The first kappa shape index (κ1) is 25.9. The first-order chi connectivity index (χ1) is 17.8. The Bertz CT molecular complexity index is 1550. The maximum absolute atomic E-state index is 13.6. The molecule has 0 saturated heterocycles. The highest BCUT2D eigenvalue weighted by Crippen LogP contribution is 2.37. The monoisotopic (exact) mass is 537 g/mol. The van der Waals surface area contributed by atoms with Crippen LogP contribution in [0.4, 0.5) is 10.8 Å². The molecule has 37 heavy (non-hydrogen) atoms. The molecule has 3 aromatic carbocycles. The Morgan fingerprint density at radius 3 is 2.41 bits per heavy atom. The SMILES string of the molecule is [C-]#[N+]c1ccc(OC(C(=O)Nc2nc3cc(OC)c(OC)cc3s2)c2ccccc2S(=O)(=O)CC)cc1.